The van der Waals surface area contributed by atoms with E-state index in [0.29, 0.717) is 6.42 Å². The second kappa shape index (κ2) is 5.43. The lowest BCUT2D eigenvalue weighted by molar-refractivity contribution is -0.123. The van der Waals surface area contributed by atoms with Crippen LogP contribution < -0.4 is 5.32 Å². The van der Waals surface area contributed by atoms with Gasteiger partial charge in [0.1, 0.15) is 0 Å². The van der Waals surface area contributed by atoms with E-state index in [1.807, 2.05) is 6.07 Å². The molecule has 0 saturated heterocycles. The molecule has 0 atom stereocenters. The first-order chi connectivity index (χ1) is 8.54. The highest BCUT2D eigenvalue weighted by Gasteiger charge is 2.36. The highest BCUT2D eigenvalue weighted by molar-refractivity contribution is 9.09. The van der Waals surface area contributed by atoms with Gasteiger partial charge in [-0.1, -0.05) is 34.1 Å². The fraction of sp³-hybridized carbons (Fsp3) is 0.533. The molecule has 1 aliphatic rings. The van der Waals surface area contributed by atoms with Crippen molar-refractivity contribution >= 4 is 21.8 Å². The summed E-state index contributed by atoms with van der Waals surface area (Å²) in [5.74, 6) is 0.136. The third-order valence-corrected chi connectivity index (χ3v) is 4.98. The molecule has 98 valence electrons. The molecule has 1 saturated carbocycles. The first kappa shape index (κ1) is 13.6. The second-order valence-electron chi connectivity index (χ2n) is 5.41. The largest absolute Gasteiger partial charge is 0.350 e. The molecule has 0 bridgehead atoms. The standard InChI is InChI=1S/C15H20BrNO/c1-11-4-5-13(8-12(11)2)9-14(18)17-15(10-16)6-3-7-15/h4-5,8H,3,6-7,9-10H2,1-2H3,(H,17,18). The fourth-order valence-electron chi connectivity index (χ4n) is 2.33. The van der Waals surface area contributed by atoms with Crippen LogP contribution in [0.4, 0.5) is 0 Å². The van der Waals surface area contributed by atoms with Crippen LogP contribution in [0.2, 0.25) is 0 Å². The Balaban J connectivity index is 1.96. The van der Waals surface area contributed by atoms with Crippen molar-refractivity contribution in [3.8, 4) is 0 Å². The maximum absolute atomic E-state index is 12.0. The van der Waals surface area contributed by atoms with Crippen LogP contribution in [0.3, 0.4) is 0 Å². The zero-order chi connectivity index (χ0) is 13.2. The molecular formula is C15H20BrNO. The Morgan fingerprint density at radius 1 is 1.33 bits per heavy atom. The lowest BCUT2D eigenvalue weighted by Crippen LogP contribution is -2.55. The maximum atomic E-state index is 12.0. The van der Waals surface area contributed by atoms with E-state index in [1.165, 1.54) is 17.5 Å². The van der Waals surface area contributed by atoms with Gasteiger partial charge in [-0.25, -0.2) is 0 Å². The molecule has 2 rings (SSSR count). The molecule has 0 radical (unpaired) electrons. The van der Waals surface area contributed by atoms with Gasteiger partial charge in [-0.3, -0.25) is 4.79 Å². The molecule has 3 heteroatoms. The molecule has 1 amide bonds. The minimum absolute atomic E-state index is 0.0246. The number of carbonyl (C=O) groups is 1. The van der Waals surface area contributed by atoms with E-state index in [9.17, 15) is 4.79 Å². The summed E-state index contributed by atoms with van der Waals surface area (Å²) in [6.45, 7) is 4.18. The minimum atomic E-state index is 0.0246. The molecule has 1 aromatic rings. The van der Waals surface area contributed by atoms with Gasteiger partial charge in [-0.15, -0.1) is 0 Å². The van der Waals surface area contributed by atoms with Crippen LogP contribution in [0.1, 0.15) is 36.0 Å². The topological polar surface area (TPSA) is 29.1 Å². The smallest absolute Gasteiger partial charge is 0.224 e. The Hall–Kier alpha value is -0.830. The van der Waals surface area contributed by atoms with Crippen LogP contribution in [0, 0.1) is 13.8 Å². The highest BCUT2D eigenvalue weighted by atomic mass is 79.9. The summed E-state index contributed by atoms with van der Waals surface area (Å²) >= 11 is 3.50. The average Bonchev–Trinajstić information content (AvgIpc) is 2.29. The molecular weight excluding hydrogens is 290 g/mol. The van der Waals surface area contributed by atoms with Gasteiger partial charge in [0.2, 0.25) is 5.91 Å². The van der Waals surface area contributed by atoms with Gasteiger partial charge in [0.25, 0.3) is 0 Å². The number of carbonyl (C=O) groups excluding carboxylic acids is 1. The summed E-state index contributed by atoms with van der Waals surface area (Å²) < 4.78 is 0. The van der Waals surface area contributed by atoms with Crippen LogP contribution in [-0.4, -0.2) is 16.8 Å². The molecule has 0 aliphatic heterocycles. The van der Waals surface area contributed by atoms with Gasteiger partial charge in [0.15, 0.2) is 0 Å². The number of aryl methyl sites for hydroxylation is 2. The molecule has 0 aromatic heterocycles. The molecule has 2 nitrogen and oxygen atoms in total. The average molecular weight is 310 g/mol. The molecule has 0 spiro atoms. The van der Waals surface area contributed by atoms with E-state index in [0.717, 1.165) is 23.7 Å². The zero-order valence-corrected chi connectivity index (χ0v) is 12.6. The van der Waals surface area contributed by atoms with Crippen LogP contribution in [0.15, 0.2) is 18.2 Å². The Kier molecular flexibility index (Phi) is 4.10. The van der Waals surface area contributed by atoms with Gasteiger partial charge in [0, 0.05) is 10.9 Å². The Bertz CT molecular complexity index is 446. The fourth-order valence-corrected chi connectivity index (χ4v) is 3.04. The van der Waals surface area contributed by atoms with E-state index >= 15 is 0 Å². The number of amides is 1. The highest BCUT2D eigenvalue weighted by Crippen LogP contribution is 2.33. The Morgan fingerprint density at radius 2 is 2.06 bits per heavy atom. The van der Waals surface area contributed by atoms with Crippen molar-refractivity contribution in [1.29, 1.82) is 0 Å². The lowest BCUT2D eigenvalue weighted by Gasteiger charge is -2.41. The predicted octanol–water partition coefficient (Wildman–Crippen LogP) is 3.28. The number of hydrogen-bond donors (Lipinski definition) is 1. The van der Waals surface area contributed by atoms with Gasteiger partial charge in [0.05, 0.1) is 6.42 Å². The molecule has 1 aromatic carbocycles. The first-order valence-electron chi connectivity index (χ1n) is 6.48. The quantitative estimate of drug-likeness (QED) is 0.850. The number of halogens is 1. The van der Waals surface area contributed by atoms with Gasteiger partial charge in [-0.2, -0.15) is 0 Å². The number of nitrogens with one attached hydrogen (secondary N) is 1. The third-order valence-electron chi connectivity index (χ3n) is 3.91. The number of hydrogen-bond acceptors (Lipinski definition) is 1. The summed E-state index contributed by atoms with van der Waals surface area (Å²) in [5.41, 5.74) is 3.64. The third kappa shape index (κ3) is 2.94. The van der Waals surface area contributed by atoms with E-state index in [4.69, 9.17) is 0 Å². The van der Waals surface area contributed by atoms with E-state index in [-0.39, 0.29) is 11.4 Å². The van der Waals surface area contributed by atoms with Gasteiger partial charge in [-0.05, 0) is 49.8 Å². The summed E-state index contributed by atoms with van der Waals surface area (Å²) in [4.78, 5) is 12.0. The zero-order valence-electron chi connectivity index (χ0n) is 11.1. The number of alkyl halides is 1. The lowest BCUT2D eigenvalue weighted by atomic mass is 9.78. The second-order valence-corrected chi connectivity index (χ2v) is 5.97. The summed E-state index contributed by atoms with van der Waals surface area (Å²) in [6.07, 6.45) is 3.89. The van der Waals surface area contributed by atoms with Crippen LogP contribution in [0.25, 0.3) is 0 Å². The molecule has 1 aliphatic carbocycles. The van der Waals surface area contributed by atoms with Crippen molar-refractivity contribution in [2.45, 2.75) is 45.1 Å². The van der Waals surface area contributed by atoms with Crippen molar-refractivity contribution in [3.63, 3.8) is 0 Å². The summed E-state index contributed by atoms with van der Waals surface area (Å²) in [5, 5.41) is 4.04. The molecule has 0 unspecified atom stereocenters. The Morgan fingerprint density at radius 3 is 2.56 bits per heavy atom. The molecule has 1 N–H and O–H groups in total. The molecule has 18 heavy (non-hydrogen) atoms. The first-order valence-corrected chi connectivity index (χ1v) is 7.60. The van der Waals surface area contributed by atoms with Crippen molar-refractivity contribution in [2.24, 2.45) is 0 Å². The normalized spacial score (nSPS) is 17.1. The molecule has 0 heterocycles. The predicted molar refractivity (Wildman–Crippen MR) is 78.1 cm³/mol. The van der Waals surface area contributed by atoms with Gasteiger partial charge < -0.3 is 5.32 Å². The van der Waals surface area contributed by atoms with E-state index < -0.39 is 0 Å². The molecule has 1 fully saturated rings. The minimum Gasteiger partial charge on any atom is -0.350 e. The van der Waals surface area contributed by atoms with Crippen molar-refractivity contribution in [3.05, 3.63) is 34.9 Å². The maximum Gasteiger partial charge on any atom is 0.224 e. The van der Waals surface area contributed by atoms with E-state index in [2.05, 4.69) is 47.2 Å². The SMILES string of the molecule is Cc1ccc(CC(=O)NC2(CBr)CCC2)cc1C. The van der Waals surface area contributed by atoms with Gasteiger partial charge >= 0.3 is 0 Å². The summed E-state index contributed by atoms with van der Waals surface area (Å²) in [6, 6.07) is 6.24. The van der Waals surface area contributed by atoms with Crippen molar-refractivity contribution < 1.29 is 4.79 Å². The summed E-state index contributed by atoms with van der Waals surface area (Å²) in [7, 11) is 0. The van der Waals surface area contributed by atoms with Crippen LogP contribution >= 0.6 is 15.9 Å². The number of benzene rings is 1. The van der Waals surface area contributed by atoms with Crippen LogP contribution in [0.5, 0.6) is 0 Å². The number of rotatable bonds is 4. The van der Waals surface area contributed by atoms with Crippen LogP contribution in [-0.2, 0) is 11.2 Å². The Labute approximate surface area is 117 Å². The van der Waals surface area contributed by atoms with Crippen molar-refractivity contribution in [2.75, 3.05) is 5.33 Å². The monoisotopic (exact) mass is 309 g/mol. The van der Waals surface area contributed by atoms with Crippen molar-refractivity contribution in [1.82, 2.24) is 5.32 Å². The van der Waals surface area contributed by atoms with E-state index in [1.54, 1.807) is 0 Å².